The molecule has 1 saturated carbocycles. The molecule has 72 valence electrons. The van der Waals surface area contributed by atoms with Crippen molar-refractivity contribution in [1.82, 2.24) is 0 Å². The smallest absolute Gasteiger partial charge is 0.0652 e. The summed E-state index contributed by atoms with van der Waals surface area (Å²) in [7, 11) is 0. The van der Waals surface area contributed by atoms with Gasteiger partial charge in [0.15, 0.2) is 0 Å². The lowest BCUT2D eigenvalue weighted by molar-refractivity contribution is -0.0603. The Hall–Kier alpha value is -0.0400. The highest BCUT2D eigenvalue weighted by molar-refractivity contribution is 4.92. The molecule has 12 heavy (non-hydrogen) atoms. The maximum Gasteiger partial charge on any atom is 0.0652 e. The molecule has 0 heterocycles. The summed E-state index contributed by atoms with van der Waals surface area (Å²) in [6.45, 7) is 8.88. The fourth-order valence-corrected chi connectivity index (χ4v) is 2.97. The van der Waals surface area contributed by atoms with Gasteiger partial charge >= 0.3 is 0 Å². The highest BCUT2D eigenvalue weighted by Crippen LogP contribution is 2.44. The van der Waals surface area contributed by atoms with Crippen molar-refractivity contribution in [2.24, 2.45) is 11.3 Å². The summed E-state index contributed by atoms with van der Waals surface area (Å²) >= 11 is 0. The second-order valence-electron chi connectivity index (χ2n) is 5.43. The maximum absolute atomic E-state index is 10.2. The lowest BCUT2D eigenvalue weighted by Crippen LogP contribution is -2.41. The average molecular weight is 170 g/mol. The van der Waals surface area contributed by atoms with Gasteiger partial charge < -0.3 is 5.11 Å². The minimum absolute atomic E-state index is 0.336. The van der Waals surface area contributed by atoms with Gasteiger partial charge in [-0.05, 0) is 37.0 Å². The van der Waals surface area contributed by atoms with Crippen LogP contribution in [0.5, 0.6) is 0 Å². The third kappa shape index (κ3) is 2.22. The molecule has 0 saturated heterocycles. The van der Waals surface area contributed by atoms with Crippen LogP contribution in [0.2, 0.25) is 0 Å². The molecular weight excluding hydrogens is 148 g/mol. The van der Waals surface area contributed by atoms with Crippen LogP contribution >= 0.6 is 0 Å². The van der Waals surface area contributed by atoms with Gasteiger partial charge in [-0.1, -0.05) is 27.7 Å². The van der Waals surface area contributed by atoms with Crippen LogP contribution in [0, 0.1) is 11.3 Å². The van der Waals surface area contributed by atoms with E-state index >= 15 is 0 Å². The van der Waals surface area contributed by atoms with E-state index in [1.165, 1.54) is 6.42 Å². The van der Waals surface area contributed by atoms with Crippen molar-refractivity contribution in [3.8, 4) is 0 Å². The average Bonchev–Trinajstić information content (AvgIpc) is 1.82. The summed E-state index contributed by atoms with van der Waals surface area (Å²) in [6.07, 6.45) is 4.13. The van der Waals surface area contributed by atoms with E-state index in [-0.39, 0.29) is 5.60 Å². The second kappa shape index (κ2) is 3.02. The first-order valence-corrected chi connectivity index (χ1v) is 5.09. The monoisotopic (exact) mass is 170 g/mol. The third-order valence-electron chi connectivity index (χ3n) is 3.10. The van der Waals surface area contributed by atoms with Gasteiger partial charge in [0.1, 0.15) is 0 Å². The van der Waals surface area contributed by atoms with Crippen molar-refractivity contribution in [3.63, 3.8) is 0 Å². The molecule has 1 aliphatic carbocycles. The first kappa shape index (κ1) is 10.0. The van der Waals surface area contributed by atoms with Gasteiger partial charge in [-0.2, -0.15) is 0 Å². The van der Waals surface area contributed by atoms with Gasteiger partial charge in [-0.15, -0.1) is 0 Å². The van der Waals surface area contributed by atoms with Gasteiger partial charge in [0.05, 0.1) is 5.60 Å². The minimum Gasteiger partial charge on any atom is -0.390 e. The van der Waals surface area contributed by atoms with Gasteiger partial charge in [0, 0.05) is 0 Å². The highest BCUT2D eigenvalue weighted by atomic mass is 16.3. The molecule has 0 amide bonds. The first-order valence-electron chi connectivity index (χ1n) is 5.09. The van der Waals surface area contributed by atoms with Crippen LogP contribution in [0.4, 0.5) is 0 Å². The number of aliphatic hydroxyl groups is 1. The fraction of sp³-hybridized carbons (Fsp3) is 1.00. The Labute approximate surface area is 76.2 Å². The van der Waals surface area contributed by atoms with E-state index in [4.69, 9.17) is 0 Å². The van der Waals surface area contributed by atoms with Crippen molar-refractivity contribution < 1.29 is 5.11 Å². The summed E-state index contributed by atoms with van der Waals surface area (Å²) in [6, 6.07) is 0. The molecule has 0 aliphatic heterocycles. The van der Waals surface area contributed by atoms with Crippen molar-refractivity contribution >= 4 is 0 Å². The van der Waals surface area contributed by atoms with E-state index in [9.17, 15) is 5.11 Å². The summed E-state index contributed by atoms with van der Waals surface area (Å²) in [5.41, 5.74) is -0.0381. The molecule has 2 atom stereocenters. The van der Waals surface area contributed by atoms with E-state index in [1.807, 2.05) is 0 Å². The molecule has 1 aliphatic rings. The van der Waals surface area contributed by atoms with Crippen LogP contribution in [-0.4, -0.2) is 10.7 Å². The summed E-state index contributed by atoms with van der Waals surface area (Å²) in [5.74, 6) is 0.679. The quantitative estimate of drug-likeness (QED) is 0.641. The van der Waals surface area contributed by atoms with E-state index in [0.29, 0.717) is 11.3 Å². The predicted molar refractivity (Wildman–Crippen MR) is 52.0 cm³/mol. The largest absolute Gasteiger partial charge is 0.390 e. The third-order valence-corrected chi connectivity index (χ3v) is 3.10. The molecule has 0 aromatic rings. The molecule has 1 rings (SSSR count). The van der Waals surface area contributed by atoms with E-state index in [2.05, 4.69) is 27.7 Å². The van der Waals surface area contributed by atoms with Crippen LogP contribution in [0.15, 0.2) is 0 Å². The van der Waals surface area contributed by atoms with E-state index in [0.717, 1.165) is 19.3 Å². The molecule has 1 heteroatoms. The van der Waals surface area contributed by atoms with Crippen LogP contribution in [0.25, 0.3) is 0 Å². The SMILES string of the molecule is CCC1(O)CC(C)CC(C)(C)C1. The Bertz CT molecular complexity index is 162. The maximum atomic E-state index is 10.2. The zero-order valence-electron chi connectivity index (χ0n) is 8.85. The lowest BCUT2D eigenvalue weighted by atomic mass is 9.65. The van der Waals surface area contributed by atoms with Gasteiger partial charge in [-0.3, -0.25) is 0 Å². The molecule has 0 radical (unpaired) electrons. The Morgan fingerprint density at radius 3 is 2.33 bits per heavy atom. The van der Waals surface area contributed by atoms with Gasteiger partial charge in [0.2, 0.25) is 0 Å². The van der Waals surface area contributed by atoms with Crippen LogP contribution in [0.3, 0.4) is 0 Å². The first-order chi connectivity index (χ1) is 5.37. The van der Waals surface area contributed by atoms with Crippen LogP contribution in [0.1, 0.15) is 53.4 Å². The molecule has 0 bridgehead atoms. The van der Waals surface area contributed by atoms with Crippen LogP contribution < -0.4 is 0 Å². The van der Waals surface area contributed by atoms with Gasteiger partial charge in [0.25, 0.3) is 0 Å². The molecule has 0 spiro atoms. The van der Waals surface area contributed by atoms with Gasteiger partial charge in [-0.25, -0.2) is 0 Å². The van der Waals surface area contributed by atoms with E-state index in [1.54, 1.807) is 0 Å². The van der Waals surface area contributed by atoms with Crippen LogP contribution in [-0.2, 0) is 0 Å². The van der Waals surface area contributed by atoms with Crippen molar-refractivity contribution in [2.75, 3.05) is 0 Å². The molecule has 1 nitrogen and oxygen atoms in total. The fourth-order valence-electron chi connectivity index (χ4n) is 2.97. The molecule has 0 aromatic carbocycles. The minimum atomic E-state index is -0.374. The molecule has 1 N–H and O–H groups in total. The predicted octanol–water partition coefficient (Wildman–Crippen LogP) is 2.97. The Kier molecular flexibility index (Phi) is 2.53. The zero-order valence-corrected chi connectivity index (χ0v) is 8.85. The Balaban J connectivity index is 2.70. The topological polar surface area (TPSA) is 20.2 Å². The molecule has 0 aromatic heterocycles. The lowest BCUT2D eigenvalue weighted by Gasteiger charge is -2.44. The van der Waals surface area contributed by atoms with Crippen molar-refractivity contribution in [1.29, 1.82) is 0 Å². The molecular formula is C11H22O. The normalized spacial score (nSPS) is 41.2. The highest BCUT2D eigenvalue weighted by Gasteiger charge is 2.39. The summed E-state index contributed by atoms with van der Waals surface area (Å²) in [4.78, 5) is 0. The second-order valence-corrected chi connectivity index (χ2v) is 5.43. The number of rotatable bonds is 1. The van der Waals surface area contributed by atoms with E-state index < -0.39 is 0 Å². The number of hydrogen-bond donors (Lipinski definition) is 1. The summed E-state index contributed by atoms with van der Waals surface area (Å²) < 4.78 is 0. The molecule has 1 fully saturated rings. The Morgan fingerprint density at radius 1 is 1.33 bits per heavy atom. The standard InChI is InChI=1S/C11H22O/c1-5-11(12)7-9(2)6-10(3,4)8-11/h9,12H,5-8H2,1-4H3. The van der Waals surface area contributed by atoms with Crippen molar-refractivity contribution in [3.05, 3.63) is 0 Å². The summed E-state index contributed by atoms with van der Waals surface area (Å²) in [5, 5.41) is 10.2. The van der Waals surface area contributed by atoms with Crippen molar-refractivity contribution in [2.45, 2.75) is 59.0 Å². The molecule has 2 unspecified atom stereocenters. The zero-order chi connectivity index (χ0) is 9.41. The number of hydrogen-bond acceptors (Lipinski definition) is 1. The Morgan fingerprint density at radius 2 is 1.92 bits per heavy atom.